The van der Waals surface area contributed by atoms with Crippen LogP contribution in [0.15, 0.2) is 24.5 Å². The van der Waals surface area contributed by atoms with Crippen molar-refractivity contribution < 1.29 is 33.0 Å². The molecule has 3 N–H and O–H groups in total. The molecule has 0 radical (unpaired) electrons. The number of nitrogens with zero attached hydrogens (tertiary/aromatic N) is 1. The predicted octanol–water partition coefficient (Wildman–Crippen LogP) is 1.59. The Kier molecular flexibility index (Phi) is 5.65. The van der Waals surface area contributed by atoms with E-state index in [2.05, 4.69) is 10.3 Å². The molecule has 0 unspecified atom stereocenters. The molecule has 116 valence electrons. The SMILES string of the molecule is O=C(O)C(F)(F)F.O=C(O)[C@H]1CC[C@@H](c2cccnc2)N1. The van der Waals surface area contributed by atoms with Gasteiger partial charge in [-0.05, 0) is 24.5 Å². The first-order valence-electron chi connectivity index (χ1n) is 5.90. The van der Waals surface area contributed by atoms with E-state index in [1.54, 1.807) is 12.4 Å². The summed E-state index contributed by atoms with van der Waals surface area (Å²) in [5.41, 5.74) is 1.07. The molecule has 0 spiro atoms. The van der Waals surface area contributed by atoms with Gasteiger partial charge in [-0.3, -0.25) is 15.1 Å². The van der Waals surface area contributed by atoms with E-state index in [1.807, 2.05) is 12.1 Å². The number of hydrogen-bond donors (Lipinski definition) is 3. The van der Waals surface area contributed by atoms with Crippen LogP contribution < -0.4 is 5.32 Å². The second-order valence-electron chi connectivity index (χ2n) is 4.28. The Balaban J connectivity index is 0.000000270. The molecule has 1 aliphatic heterocycles. The summed E-state index contributed by atoms with van der Waals surface area (Å²) in [6.45, 7) is 0. The van der Waals surface area contributed by atoms with Crippen LogP contribution in [0.25, 0.3) is 0 Å². The van der Waals surface area contributed by atoms with Gasteiger partial charge in [-0.2, -0.15) is 13.2 Å². The maximum absolute atomic E-state index is 10.7. The summed E-state index contributed by atoms with van der Waals surface area (Å²) in [5, 5.41) is 19.0. The molecule has 2 rings (SSSR count). The molecule has 2 atom stereocenters. The fourth-order valence-electron chi connectivity index (χ4n) is 1.78. The van der Waals surface area contributed by atoms with Crippen LogP contribution in [-0.4, -0.2) is 39.4 Å². The molecule has 21 heavy (non-hydrogen) atoms. The third-order valence-corrected chi connectivity index (χ3v) is 2.77. The molecule has 0 aromatic carbocycles. The first kappa shape index (κ1) is 16.9. The van der Waals surface area contributed by atoms with E-state index in [-0.39, 0.29) is 6.04 Å². The quantitative estimate of drug-likeness (QED) is 0.767. The van der Waals surface area contributed by atoms with Crippen molar-refractivity contribution in [1.82, 2.24) is 10.3 Å². The second kappa shape index (κ2) is 7.02. The van der Waals surface area contributed by atoms with Crippen molar-refractivity contribution in [1.29, 1.82) is 0 Å². The molecule has 1 aromatic heterocycles. The molecule has 9 heteroatoms. The normalized spacial score (nSPS) is 21.3. The summed E-state index contributed by atoms with van der Waals surface area (Å²) in [7, 11) is 0. The van der Waals surface area contributed by atoms with Gasteiger partial charge in [-0.1, -0.05) is 6.07 Å². The van der Waals surface area contributed by atoms with Gasteiger partial charge in [0.2, 0.25) is 0 Å². The van der Waals surface area contributed by atoms with Crippen molar-refractivity contribution in [2.75, 3.05) is 0 Å². The summed E-state index contributed by atoms with van der Waals surface area (Å²) in [5.74, 6) is -3.52. The van der Waals surface area contributed by atoms with Crippen LogP contribution in [-0.2, 0) is 9.59 Å². The van der Waals surface area contributed by atoms with Crippen molar-refractivity contribution in [2.24, 2.45) is 0 Å². The van der Waals surface area contributed by atoms with Gasteiger partial charge >= 0.3 is 18.1 Å². The van der Waals surface area contributed by atoms with Gasteiger partial charge < -0.3 is 10.2 Å². The number of carbonyl (C=O) groups is 2. The highest BCUT2D eigenvalue weighted by atomic mass is 19.4. The summed E-state index contributed by atoms with van der Waals surface area (Å²) >= 11 is 0. The van der Waals surface area contributed by atoms with Gasteiger partial charge in [-0.15, -0.1) is 0 Å². The maximum Gasteiger partial charge on any atom is 0.490 e. The molecule has 0 aliphatic carbocycles. The van der Waals surface area contributed by atoms with Gasteiger partial charge in [0.15, 0.2) is 0 Å². The second-order valence-corrected chi connectivity index (χ2v) is 4.28. The Morgan fingerprint density at radius 3 is 2.29 bits per heavy atom. The number of alkyl halides is 3. The number of halogens is 3. The minimum absolute atomic E-state index is 0.143. The highest BCUT2D eigenvalue weighted by Gasteiger charge is 2.38. The summed E-state index contributed by atoms with van der Waals surface area (Å²) < 4.78 is 31.7. The van der Waals surface area contributed by atoms with E-state index in [1.165, 1.54) is 0 Å². The molecule has 1 saturated heterocycles. The maximum atomic E-state index is 10.7. The molecule has 2 heterocycles. The Labute approximate surface area is 117 Å². The number of hydrogen-bond acceptors (Lipinski definition) is 4. The third kappa shape index (κ3) is 5.38. The fourth-order valence-corrected chi connectivity index (χ4v) is 1.78. The first-order valence-corrected chi connectivity index (χ1v) is 5.90. The van der Waals surface area contributed by atoms with E-state index in [0.717, 1.165) is 12.0 Å². The molecular formula is C12H13F3N2O4. The first-order chi connectivity index (χ1) is 9.71. The average molecular weight is 306 g/mol. The summed E-state index contributed by atoms with van der Waals surface area (Å²) in [6, 6.07) is 3.57. The summed E-state index contributed by atoms with van der Waals surface area (Å²) in [6.07, 6.45) is -0.0351. The van der Waals surface area contributed by atoms with Crippen molar-refractivity contribution in [3.05, 3.63) is 30.1 Å². The Hall–Kier alpha value is -2.16. The van der Waals surface area contributed by atoms with Crippen LogP contribution in [0, 0.1) is 0 Å². The zero-order valence-corrected chi connectivity index (χ0v) is 10.7. The molecule has 1 aliphatic rings. The van der Waals surface area contributed by atoms with Crippen LogP contribution >= 0.6 is 0 Å². The lowest BCUT2D eigenvalue weighted by Gasteiger charge is -2.11. The molecule has 1 fully saturated rings. The Bertz CT molecular complexity index is 493. The number of carboxylic acid groups (broad SMARTS) is 2. The number of nitrogens with one attached hydrogen (secondary N) is 1. The van der Waals surface area contributed by atoms with E-state index >= 15 is 0 Å². The van der Waals surface area contributed by atoms with Crippen molar-refractivity contribution in [2.45, 2.75) is 31.1 Å². The topological polar surface area (TPSA) is 99.5 Å². The van der Waals surface area contributed by atoms with Crippen LogP contribution in [0.4, 0.5) is 13.2 Å². The summed E-state index contributed by atoms with van der Waals surface area (Å²) in [4.78, 5) is 23.6. The van der Waals surface area contributed by atoms with Crippen molar-refractivity contribution in [3.63, 3.8) is 0 Å². The molecule has 0 bridgehead atoms. The van der Waals surface area contributed by atoms with Gasteiger partial charge in [0.1, 0.15) is 6.04 Å². The Morgan fingerprint density at radius 1 is 1.29 bits per heavy atom. The molecule has 0 saturated carbocycles. The predicted molar refractivity (Wildman–Crippen MR) is 64.5 cm³/mol. The van der Waals surface area contributed by atoms with Gasteiger partial charge in [0.25, 0.3) is 0 Å². The zero-order chi connectivity index (χ0) is 16.0. The van der Waals surface area contributed by atoms with Crippen LogP contribution in [0.5, 0.6) is 0 Å². The zero-order valence-electron chi connectivity index (χ0n) is 10.7. The lowest BCUT2D eigenvalue weighted by atomic mass is 10.1. The van der Waals surface area contributed by atoms with Gasteiger partial charge in [0.05, 0.1) is 0 Å². The number of aliphatic carboxylic acids is 2. The number of rotatable bonds is 2. The van der Waals surface area contributed by atoms with Crippen LogP contribution in [0.2, 0.25) is 0 Å². The number of aromatic nitrogens is 1. The van der Waals surface area contributed by atoms with Gasteiger partial charge in [-0.25, -0.2) is 4.79 Å². The van der Waals surface area contributed by atoms with E-state index in [9.17, 15) is 18.0 Å². The van der Waals surface area contributed by atoms with E-state index in [4.69, 9.17) is 15.0 Å². The molecular weight excluding hydrogens is 293 g/mol. The van der Waals surface area contributed by atoms with Crippen LogP contribution in [0.3, 0.4) is 0 Å². The standard InChI is InChI=1S/C10H12N2O2.C2HF3O2/c13-10(14)9-4-3-8(12-9)7-2-1-5-11-6-7;3-2(4,5)1(6)7/h1-2,5-6,8-9,12H,3-4H2,(H,13,14);(H,6,7)/t8-,9+;/m0./s1. The highest BCUT2D eigenvalue weighted by molar-refractivity contribution is 5.74. The minimum Gasteiger partial charge on any atom is -0.480 e. The number of pyridine rings is 1. The fraction of sp³-hybridized carbons (Fsp3) is 0.417. The average Bonchev–Trinajstić information content (AvgIpc) is 2.89. The number of carboxylic acids is 2. The molecule has 1 aromatic rings. The minimum atomic E-state index is -5.08. The van der Waals surface area contributed by atoms with E-state index < -0.39 is 24.2 Å². The smallest absolute Gasteiger partial charge is 0.480 e. The monoisotopic (exact) mass is 306 g/mol. The molecule has 0 amide bonds. The van der Waals surface area contributed by atoms with Crippen LogP contribution in [0.1, 0.15) is 24.4 Å². The largest absolute Gasteiger partial charge is 0.490 e. The molecule has 6 nitrogen and oxygen atoms in total. The van der Waals surface area contributed by atoms with E-state index in [0.29, 0.717) is 6.42 Å². The van der Waals surface area contributed by atoms with Crippen molar-refractivity contribution in [3.8, 4) is 0 Å². The van der Waals surface area contributed by atoms with Gasteiger partial charge in [0, 0.05) is 18.4 Å². The lowest BCUT2D eigenvalue weighted by Crippen LogP contribution is -2.31. The van der Waals surface area contributed by atoms with Crippen molar-refractivity contribution >= 4 is 11.9 Å². The highest BCUT2D eigenvalue weighted by Crippen LogP contribution is 2.25. The Morgan fingerprint density at radius 2 is 1.90 bits per heavy atom. The third-order valence-electron chi connectivity index (χ3n) is 2.77. The lowest BCUT2D eigenvalue weighted by molar-refractivity contribution is -0.192.